The molecule has 0 radical (unpaired) electrons. The van der Waals surface area contributed by atoms with Crippen molar-refractivity contribution < 1.29 is 27.5 Å². The van der Waals surface area contributed by atoms with Gasteiger partial charge in [-0.15, -0.1) is 0 Å². The number of sulfonamides is 1. The summed E-state index contributed by atoms with van der Waals surface area (Å²) in [5.41, 5.74) is 1.97. The Kier molecular flexibility index (Phi) is 7.50. The third-order valence-electron chi connectivity index (χ3n) is 5.24. The number of carbonyl (C=O) groups excluding carboxylic acids is 3. The topological polar surface area (TPSA) is 122 Å². The molecule has 0 aliphatic carbocycles. The first-order chi connectivity index (χ1) is 15.6. The number of hydrogen-bond acceptors (Lipinski definition) is 6. The fraction of sp³-hybridized carbons (Fsp3) is 0.348. The molecule has 1 fully saturated rings. The molecule has 0 saturated carbocycles. The molecule has 33 heavy (non-hydrogen) atoms. The van der Waals surface area contributed by atoms with Crippen LogP contribution in [0.3, 0.4) is 0 Å². The molecule has 3 rings (SSSR count). The molecule has 9 nitrogen and oxygen atoms in total. The van der Waals surface area contributed by atoms with Gasteiger partial charge in [0.05, 0.1) is 4.90 Å². The summed E-state index contributed by atoms with van der Waals surface area (Å²) in [4.78, 5) is 36.4. The number of esters is 1. The van der Waals surface area contributed by atoms with Crippen molar-refractivity contribution in [2.75, 3.05) is 17.2 Å². The first kappa shape index (κ1) is 24.4. The van der Waals surface area contributed by atoms with Crippen LogP contribution in [0.1, 0.15) is 32.3 Å². The zero-order valence-corrected chi connectivity index (χ0v) is 19.5. The molecule has 1 saturated heterocycles. The summed E-state index contributed by atoms with van der Waals surface area (Å²) in [5, 5.41) is 5.25. The van der Waals surface area contributed by atoms with Crippen LogP contribution in [-0.2, 0) is 29.1 Å². The monoisotopic (exact) mass is 473 g/mol. The number of rotatable bonds is 7. The van der Waals surface area contributed by atoms with E-state index in [1.54, 1.807) is 36.4 Å². The third kappa shape index (κ3) is 5.96. The van der Waals surface area contributed by atoms with Gasteiger partial charge >= 0.3 is 5.97 Å². The lowest BCUT2D eigenvalue weighted by molar-refractivity contribution is -0.156. The van der Waals surface area contributed by atoms with E-state index in [9.17, 15) is 22.8 Å². The average Bonchev–Trinajstić information content (AvgIpc) is 3.26. The summed E-state index contributed by atoms with van der Waals surface area (Å²) >= 11 is 0. The van der Waals surface area contributed by atoms with Crippen LogP contribution in [-0.4, -0.2) is 49.2 Å². The van der Waals surface area contributed by atoms with Crippen molar-refractivity contribution in [3.63, 3.8) is 0 Å². The van der Waals surface area contributed by atoms with Crippen molar-refractivity contribution in [1.82, 2.24) is 4.31 Å². The van der Waals surface area contributed by atoms with Crippen LogP contribution in [0.25, 0.3) is 0 Å². The molecule has 1 aliphatic rings. The first-order valence-electron chi connectivity index (χ1n) is 10.6. The van der Waals surface area contributed by atoms with E-state index in [4.69, 9.17) is 4.74 Å². The summed E-state index contributed by atoms with van der Waals surface area (Å²) in [6.07, 6.45) is -0.286. The van der Waals surface area contributed by atoms with Crippen LogP contribution >= 0.6 is 0 Å². The lowest BCUT2D eigenvalue weighted by Gasteiger charge is -2.24. The number of benzene rings is 2. The molecule has 0 unspecified atom stereocenters. The Labute approximate surface area is 193 Å². The Morgan fingerprint density at radius 3 is 2.15 bits per heavy atom. The zero-order chi connectivity index (χ0) is 24.2. The SMILES string of the molecule is CC(=O)Nc1ccc(NC(=O)[C@@H](C)OC(=O)[C@H]2CCCN2S(=O)(=O)c2ccc(C)cc2)cc1. The highest BCUT2D eigenvalue weighted by atomic mass is 32.2. The Balaban J connectivity index is 1.62. The van der Waals surface area contributed by atoms with Gasteiger partial charge < -0.3 is 15.4 Å². The molecular weight excluding hydrogens is 446 g/mol. The van der Waals surface area contributed by atoms with E-state index in [1.165, 1.54) is 26.0 Å². The number of anilines is 2. The molecule has 2 N–H and O–H groups in total. The van der Waals surface area contributed by atoms with Gasteiger partial charge in [-0.3, -0.25) is 14.4 Å². The van der Waals surface area contributed by atoms with Crippen LogP contribution in [0.5, 0.6) is 0 Å². The van der Waals surface area contributed by atoms with Crippen LogP contribution in [0.4, 0.5) is 11.4 Å². The van der Waals surface area contributed by atoms with E-state index in [0.29, 0.717) is 24.2 Å². The minimum absolute atomic E-state index is 0.112. The quantitative estimate of drug-likeness (QED) is 0.596. The number of hydrogen-bond donors (Lipinski definition) is 2. The van der Waals surface area contributed by atoms with E-state index in [0.717, 1.165) is 9.87 Å². The van der Waals surface area contributed by atoms with Crippen molar-refractivity contribution in [2.45, 2.75) is 50.7 Å². The predicted octanol–water partition coefficient (Wildman–Crippen LogP) is 2.68. The fourth-order valence-electron chi connectivity index (χ4n) is 3.50. The maximum Gasteiger partial charge on any atom is 0.325 e. The van der Waals surface area contributed by atoms with Gasteiger partial charge in [0.2, 0.25) is 15.9 Å². The Morgan fingerprint density at radius 1 is 1.00 bits per heavy atom. The summed E-state index contributed by atoms with van der Waals surface area (Å²) in [6, 6.07) is 11.9. The summed E-state index contributed by atoms with van der Waals surface area (Å²) in [7, 11) is -3.87. The van der Waals surface area contributed by atoms with Crippen LogP contribution in [0, 0.1) is 6.92 Å². The molecule has 1 aliphatic heterocycles. The summed E-state index contributed by atoms with van der Waals surface area (Å²) < 4.78 is 32.5. The van der Waals surface area contributed by atoms with Crippen LogP contribution in [0.15, 0.2) is 53.4 Å². The lowest BCUT2D eigenvalue weighted by atomic mass is 10.2. The highest BCUT2D eigenvalue weighted by molar-refractivity contribution is 7.89. The average molecular weight is 474 g/mol. The number of nitrogens with one attached hydrogen (secondary N) is 2. The lowest BCUT2D eigenvalue weighted by Crippen LogP contribution is -2.43. The number of carbonyl (C=O) groups is 3. The molecule has 0 bridgehead atoms. The summed E-state index contributed by atoms with van der Waals surface area (Å²) in [5.74, 6) is -1.52. The Morgan fingerprint density at radius 2 is 1.58 bits per heavy atom. The van der Waals surface area contributed by atoms with Crippen LogP contribution in [0.2, 0.25) is 0 Å². The van der Waals surface area contributed by atoms with Crippen molar-refractivity contribution >= 4 is 39.2 Å². The molecule has 2 amide bonds. The molecule has 0 aromatic heterocycles. The molecule has 10 heteroatoms. The van der Waals surface area contributed by atoms with Crippen molar-refractivity contribution in [3.05, 3.63) is 54.1 Å². The molecule has 2 atom stereocenters. The van der Waals surface area contributed by atoms with E-state index in [1.807, 2.05) is 6.92 Å². The normalized spacial score (nSPS) is 17.2. The number of nitrogens with zero attached hydrogens (tertiary/aromatic N) is 1. The van der Waals surface area contributed by atoms with Gasteiger partial charge in [-0.2, -0.15) is 4.31 Å². The second-order valence-electron chi connectivity index (χ2n) is 7.91. The van der Waals surface area contributed by atoms with Gasteiger partial charge in [-0.25, -0.2) is 8.42 Å². The largest absolute Gasteiger partial charge is 0.451 e. The Bertz CT molecular complexity index is 1130. The Hall–Kier alpha value is -3.24. The minimum Gasteiger partial charge on any atom is -0.451 e. The standard InChI is InChI=1S/C23H27N3O6S/c1-15-6-12-20(13-7-15)33(30,31)26-14-4-5-21(26)23(29)32-16(2)22(28)25-19-10-8-18(9-11-19)24-17(3)27/h6-13,16,21H,4-5,14H2,1-3H3,(H,24,27)(H,25,28)/t16-,21-/m1/s1. The highest BCUT2D eigenvalue weighted by Crippen LogP contribution is 2.27. The van der Waals surface area contributed by atoms with Gasteiger partial charge in [0.1, 0.15) is 6.04 Å². The predicted molar refractivity (Wildman–Crippen MR) is 123 cm³/mol. The maximum atomic E-state index is 13.0. The highest BCUT2D eigenvalue weighted by Gasteiger charge is 2.41. The second kappa shape index (κ2) is 10.1. The third-order valence-corrected chi connectivity index (χ3v) is 7.16. The molecule has 176 valence electrons. The summed E-state index contributed by atoms with van der Waals surface area (Å²) in [6.45, 7) is 4.88. The second-order valence-corrected chi connectivity index (χ2v) is 9.80. The van der Waals surface area contributed by atoms with Crippen molar-refractivity contribution in [1.29, 1.82) is 0 Å². The van der Waals surface area contributed by atoms with E-state index >= 15 is 0 Å². The molecule has 1 heterocycles. The maximum absolute atomic E-state index is 13.0. The number of aryl methyl sites for hydroxylation is 1. The smallest absolute Gasteiger partial charge is 0.325 e. The van der Waals surface area contributed by atoms with Crippen molar-refractivity contribution in [3.8, 4) is 0 Å². The van der Waals surface area contributed by atoms with Gasteiger partial charge in [-0.1, -0.05) is 17.7 Å². The zero-order valence-electron chi connectivity index (χ0n) is 18.7. The van der Waals surface area contributed by atoms with Gasteiger partial charge in [0, 0.05) is 24.8 Å². The molecular formula is C23H27N3O6S. The van der Waals surface area contributed by atoms with Gasteiger partial charge in [0.15, 0.2) is 6.10 Å². The molecule has 0 spiro atoms. The molecule has 2 aromatic rings. The number of ether oxygens (including phenoxy) is 1. The van der Waals surface area contributed by atoms with Gasteiger partial charge in [0.25, 0.3) is 5.91 Å². The van der Waals surface area contributed by atoms with Crippen LogP contribution < -0.4 is 10.6 Å². The van der Waals surface area contributed by atoms with E-state index in [2.05, 4.69) is 10.6 Å². The first-order valence-corrected chi connectivity index (χ1v) is 12.0. The van der Waals surface area contributed by atoms with E-state index < -0.39 is 34.0 Å². The minimum atomic E-state index is -3.87. The molecule has 2 aromatic carbocycles. The van der Waals surface area contributed by atoms with Crippen molar-refractivity contribution in [2.24, 2.45) is 0 Å². The van der Waals surface area contributed by atoms with E-state index in [-0.39, 0.29) is 17.3 Å². The fourth-order valence-corrected chi connectivity index (χ4v) is 5.15. The van der Waals surface area contributed by atoms with Gasteiger partial charge in [-0.05, 0) is 63.1 Å². The number of amides is 2.